The quantitative estimate of drug-likeness (QED) is 0.246. The number of carbonyl (C=O) groups is 3. The molecule has 3 aromatic carbocycles. The maximum Gasteiger partial charge on any atom is 0.335 e. The minimum absolute atomic E-state index is 0.0261. The lowest BCUT2D eigenvalue weighted by atomic mass is 10.0. The number of carbonyl (C=O) groups excluding carboxylic acids is 3. The van der Waals surface area contributed by atoms with Crippen molar-refractivity contribution in [2.24, 2.45) is 0 Å². The lowest BCUT2D eigenvalue weighted by Crippen LogP contribution is -2.54. The third kappa shape index (κ3) is 5.35. The molecule has 0 spiro atoms. The molecule has 4 amide bonds. The topological polar surface area (TPSA) is 95.9 Å². The molecule has 1 aliphatic rings. The van der Waals surface area contributed by atoms with E-state index in [-0.39, 0.29) is 22.8 Å². The van der Waals surface area contributed by atoms with Gasteiger partial charge in [0.2, 0.25) is 0 Å². The van der Waals surface area contributed by atoms with Crippen molar-refractivity contribution >= 4 is 52.2 Å². The smallest absolute Gasteiger partial charge is 0.335 e. The minimum atomic E-state index is -0.877. The van der Waals surface area contributed by atoms with Crippen LogP contribution in [0.3, 0.4) is 0 Å². The van der Waals surface area contributed by atoms with Gasteiger partial charge in [0, 0.05) is 15.6 Å². The fourth-order valence-electron chi connectivity index (χ4n) is 3.68. The van der Waals surface area contributed by atoms with Gasteiger partial charge < -0.3 is 9.84 Å². The number of imide groups is 2. The van der Waals surface area contributed by atoms with Crippen molar-refractivity contribution in [3.63, 3.8) is 0 Å². The zero-order valence-corrected chi connectivity index (χ0v) is 20.7. The molecule has 1 heterocycles. The zero-order chi connectivity index (χ0) is 25.1. The number of hydrogen-bond acceptors (Lipinski definition) is 5. The van der Waals surface area contributed by atoms with Gasteiger partial charge in [0.15, 0.2) is 0 Å². The molecule has 0 unspecified atom stereocenters. The van der Waals surface area contributed by atoms with Crippen LogP contribution in [0.1, 0.15) is 23.6 Å². The van der Waals surface area contributed by atoms with Crippen molar-refractivity contribution in [3.8, 4) is 11.5 Å². The van der Waals surface area contributed by atoms with Crippen molar-refractivity contribution < 1.29 is 28.6 Å². The SMILES string of the molecule is CCOc1cc(/C=C2\C(=O)NC(=O)N(c3ccc(O)cc3)C2=O)cc(I)c1Cc1cccc(F)c1. The molecule has 9 heteroatoms. The molecule has 2 N–H and O–H groups in total. The maximum atomic E-state index is 13.7. The number of barbiturate groups is 1. The number of phenols is 1. The highest BCUT2D eigenvalue weighted by Gasteiger charge is 2.36. The molecule has 0 atom stereocenters. The number of amides is 4. The first-order chi connectivity index (χ1) is 16.8. The second kappa shape index (κ2) is 10.3. The molecule has 35 heavy (non-hydrogen) atoms. The number of nitrogens with zero attached hydrogens (tertiary/aromatic N) is 1. The van der Waals surface area contributed by atoms with Gasteiger partial charge in [0.25, 0.3) is 11.8 Å². The summed E-state index contributed by atoms with van der Waals surface area (Å²) in [5.74, 6) is -1.41. The molecule has 0 radical (unpaired) electrons. The molecule has 178 valence electrons. The van der Waals surface area contributed by atoms with E-state index in [9.17, 15) is 23.9 Å². The number of halogens is 2. The molecule has 0 aliphatic carbocycles. The largest absolute Gasteiger partial charge is 0.508 e. The summed E-state index contributed by atoms with van der Waals surface area (Å²) in [6, 6.07) is 14.4. The highest BCUT2D eigenvalue weighted by atomic mass is 127. The predicted octanol–water partition coefficient (Wildman–Crippen LogP) is 4.79. The number of anilines is 1. The van der Waals surface area contributed by atoms with E-state index >= 15 is 0 Å². The van der Waals surface area contributed by atoms with Crippen molar-refractivity contribution in [2.45, 2.75) is 13.3 Å². The van der Waals surface area contributed by atoms with Crippen LogP contribution in [0.2, 0.25) is 0 Å². The predicted molar refractivity (Wildman–Crippen MR) is 137 cm³/mol. The van der Waals surface area contributed by atoms with E-state index in [1.165, 1.54) is 42.5 Å². The van der Waals surface area contributed by atoms with E-state index in [0.29, 0.717) is 24.3 Å². The van der Waals surface area contributed by atoms with Crippen molar-refractivity contribution in [3.05, 3.63) is 92.3 Å². The summed E-state index contributed by atoms with van der Waals surface area (Å²) in [6.45, 7) is 2.22. The average Bonchev–Trinajstić information content (AvgIpc) is 2.80. The molecule has 0 bridgehead atoms. The van der Waals surface area contributed by atoms with E-state index in [1.54, 1.807) is 18.2 Å². The summed E-state index contributed by atoms with van der Waals surface area (Å²) in [5.41, 5.74) is 2.13. The van der Waals surface area contributed by atoms with Crippen molar-refractivity contribution in [1.82, 2.24) is 5.32 Å². The minimum Gasteiger partial charge on any atom is -0.508 e. The number of ether oxygens (including phenoxy) is 1. The van der Waals surface area contributed by atoms with Crippen LogP contribution in [0.25, 0.3) is 6.08 Å². The summed E-state index contributed by atoms with van der Waals surface area (Å²) in [7, 11) is 0. The van der Waals surface area contributed by atoms with Gasteiger partial charge in [-0.2, -0.15) is 0 Å². The van der Waals surface area contributed by atoms with E-state index in [0.717, 1.165) is 19.6 Å². The van der Waals surface area contributed by atoms with Gasteiger partial charge >= 0.3 is 6.03 Å². The van der Waals surface area contributed by atoms with E-state index < -0.39 is 17.8 Å². The van der Waals surface area contributed by atoms with Gasteiger partial charge in [-0.1, -0.05) is 12.1 Å². The average molecular weight is 586 g/mol. The van der Waals surface area contributed by atoms with Crippen LogP contribution in [-0.2, 0) is 16.0 Å². The van der Waals surface area contributed by atoms with Crippen LogP contribution >= 0.6 is 22.6 Å². The van der Waals surface area contributed by atoms with Gasteiger partial charge in [-0.25, -0.2) is 14.1 Å². The number of nitrogens with one attached hydrogen (secondary N) is 1. The number of urea groups is 1. The van der Waals surface area contributed by atoms with Crippen LogP contribution in [-0.4, -0.2) is 29.6 Å². The Labute approximate surface area is 214 Å². The monoisotopic (exact) mass is 586 g/mol. The Bertz CT molecular complexity index is 1350. The first-order valence-electron chi connectivity index (χ1n) is 10.7. The van der Waals surface area contributed by atoms with Gasteiger partial charge in [0.05, 0.1) is 12.3 Å². The molecule has 0 saturated carbocycles. The number of benzene rings is 3. The number of rotatable bonds is 6. The van der Waals surface area contributed by atoms with Crippen LogP contribution in [0.4, 0.5) is 14.9 Å². The highest BCUT2D eigenvalue weighted by Crippen LogP contribution is 2.31. The van der Waals surface area contributed by atoms with Crippen LogP contribution in [0, 0.1) is 9.39 Å². The highest BCUT2D eigenvalue weighted by molar-refractivity contribution is 14.1. The Kier molecular flexibility index (Phi) is 7.15. The summed E-state index contributed by atoms with van der Waals surface area (Å²) in [4.78, 5) is 38.8. The summed E-state index contributed by atoms with van der Waals surface area (Å²) in [6.07, 6.45) is 1.83. The molecule has 1 aliphatic heterocycles. The standard InChI is InChI=1S/C26H20FIN2O5/c1-2-35-23-14-16(13-22(28)20(23)11-15-4-3-5-17(27)10-15)12-21-24(32)29-26(34)30(25(21)33)18-6-8-19(31)9-7-18/h3-10,12-14,31H,2,11H2,1H3,(H,29,32,34)/b21-12+. The fourth-order valence-corrected chi connectivity index (χ4v) is 4.50. The van der Waals surface area contributed by atoms with Gasteiger partial charge in [-0.05, 0) is 95.2 Å². The van der Waals surface area contributed by atoms with Crippen LogP contribution in [0.5, 0.6) is 11.5 Å². The van der Waals surface area contributed by atoms with Crippen molar-refractivity contribution in [2.75, 3.05) is 11.5 Å². The molecule has 1 saturated heterocycles. The second-order valence-corrected chi connectivity index (χ2v) is 8.86. The Morgan fingerprint density at radius 1 is 1.09 bits per heavy atom. The summed E-state index contributed by atoms with van der Waals surface area (Å²) >= 11 is 2.13. The van der Waals surface area contributed by atoms with Crippen LogP contribution < -0.4 is 15.0 Å². The Balaban J connectivity index is 1.71. The first-order valence-corrected chi connectivity index (χ1v) is 11.7. The van der Waals surface area contributed by atoms with E-state index in [2.05, 4.69) is 27.9 Å². The van der Waals surface area contributed by atoms with Gasteiger partial charge in [-0.15, -0.1) is 0 Å². The maximum absolute atomic E-state index is 13.7. The Hall–Kier alpha value is -3.73. The molecule has 7 nitrogen and oxygen atoms in total. The molecular formula is C26H20FIN2O5. The van der Waals surface area contributed by atoms with E-state index in [1.807, 2.05) is 13.0 Å². The lowest BCUT2D eigenvalue weighted by Gasteiger charge is -2.26. The Morgan fingerprint density at radius 2 is 1.83 bits per heavy atom. The summed E-state index contributed by atoms with van der Waals surface area (Å²) in [5, 5.41) is 11.7. The number of aromatic hydroxyl groups is 1. The molecule has 3 aromatic rings. The Morgan fingerprint density at radius 3 is 2.51 bits per heavy atom. The molecule has 1 fully saturated rings. The third-order valence-corrected chi connectivity index (χ3v) is 6.23. The van der Waals surface area contributed by atoms with Gasteiger partial charge in [0.1, 0.15) is 22.9 Å². The molecule has 0 aromatic heterocycles. The number of hydrogen-bond donors (Lipinski definition) is 2. The summed E-state index contributed by atoms with van der Waals surface area (Å²) < 4.78 is 20.3. The first kappa shape index (κ1) is 24.4. The number of phenolic OH excluding ortho intramolecular Hbond substituents is 1. The zero-order valence-electron chi connectivity index (χ0n) is 18.5. The van der Waals surface area contributed by atoms with Crippen LogP contribution in [0.15, 0.2) is 66.2 Å². The lowest BCUT2D eigenvalue weighted by molar-refractivity contribution is -0.122. The molecule has 4 rings (SSSR count). The third-order valence-electron chi connectivity index (χ3n) is 5.27. The van der Waals surface area contributed by atoms with E-state index in [4.69, 9.17) is 4.74 Å². The molecular weight excluding hydrogens is 566 g/mol. The second-order valence-electron chi connectivity index (χ2n) is 7.69. The van der Waals surface area contributed by atoms with Crippen molar-refractivity contribution in [1.29, 1.82) is 0 Å². The van der Waals surface area contributed by atoms with Gasteiger partial charge in [-0.3, -0.25) is 14.9 Å². The normalized spacial score (nSPS) is 14.9. The fraction of sp³-hybridized carbons (Fsp3) is 0.115.